The van der Waals surface area contributed by atoms with E-state index >= 15 is 0 Å². The van der Waals surface area contributed by atoms with Crippen LogP contribution < -0.4 is 5.32 Å². The van der Waals surface area contributed by atoms with Crippen molar-refractivity contribution in [2.45, 2.75) is 31.7 Å². The van der Waals surface area contributed by atoms with E-state index in [2.05, 4.69) is 58.7 Å². The van der Waals surface area contributed by atoms with Crippen molar-refractivity contribution < 1.29 is 14.3 Å². The smallest absolute Gasteiger partial charge is 0.217 e. The van der Waals surface area contributed by atoms with Crippen molar-refractivity contribution in [3.63, 3.8) is 0 Å². The van der Waals surface area contributed by atoms with Gasteiger partial charge in [-0.25, -0.2) is 0 Å². The largest absolute Gasteiger partial charge is 0.372 e. The molecule has 0 bridgehead atoms. The van der Waals surface area contributed by atoms with Crippen LogP contribution in [0.15, 0.2) is 54.6 Å². The molecular formula is C22H26N2O3. The molecule has 0 aromatic heterocycles. The maximum atomic E-state index is 11.2. The van der Waals surface area contributed by atoms with Gasteiger partial charge in [-0.05, 0) is 22.8 Å². The quantitative estimate of drug-likeness (QED) is 0.903. The molecule has 2 aliphatic rings. The van der Waals surface area contributed by atoms with Gasteiger partial charge in [-0.15, -0.1) is 0 Å². The highest BCUT2D eigenvalue weighted by Crippen LogP contribution is 2.24. The molecular weight excluding hydrogens is 340 g/mol. The van der Waals surface area contributed by atoms with E-state index in [0.717, 1.165) is 19.6 Å². The van der Waals surface area contributed by atoms with Gasteiger partial charge in [0.15, 0.2) is 0 Å². The van der Waals surface area contributed by atoms with E-state index in [4.69, 9.17) is 9.47 Å². The number of likely N-dealkylation sites (tertiary alicyclic amines) is 1. The van der Waals surface area contributed by atoms with Crippen molar-refractivity contribution in [3.05, 3.63) is 60.2 Å². The van der Waals surface area contributed by atoms with Gasteiger partial charge in [0.1, 0.15) is 0 Å². The standard InChI is InChI=1S/C22H26N2O3/c1-16(25)23-20-14-26-21-12-24(13-22(21)27-15-20)11-17-6-5-9-19(10-17)18-7-3-2-4-8-18/h2-10,20-22H,11-15H2,1H3,(H,23,25)/t21-,22-/m0/s1. The Morgan fingerprint density at radius 3 is 2.33 bits per heavy atom. The Hall–Kier alpha value is -2.21. The molecule has 0 spiro atoms. The van der Waals surface area contributed by atoms with Crippen LogP contribution in [-0.4, -0.2) is 55.4 Å². The fourth-order valence-corrected chi connectivity index (χ4v) is 3.90. The van der Waals surface area contributed by atoms with Crippen molar-refractivity contribution >= 4 is 5.91 Å². The van der Waals surface area contributed by atoms with Crippen molar-refractivity contribution in [2.75, 3.05) is 26.3 Å². The average molecular weight is 366 g/mol. The van der Waals surface area contributed by atoms with Crippen LogP contribution in [0.1, 0.15) is 12.5 Å². The number of amides is 1. The molecule has 4 rings (SSSR count). The zero-order valence-corrected chi connectivity index (χ0v) is 15.6. The summed E-state index contributed by atoms with van der Waals surface area (Å²) in [6.45, 7) is 5.14. The van der Waals surface area contributed by atoms with E-state index in [-0.39, 0.29) is 24.2 Å². The summed E-state index contributed by atoms with van der Waals surface area (Å²) in [5, 5.41) is 2.88. The molecule has 1 N–H and O–H groups in total. The summed E-state index contributed by atoms with van der Waals surface area (Å²) in [7, 11) is 0. The van der Waals surface area contributed by atoms with Gasteiger partial charge in [0.25, 0.3) is 0 Å². The number of benzene rings is 2. The lowest BCUT2D eigenvalue weighted by molar-refractivity contribution is -0.120. The average Bonchev–Trinajstić information content (AvgIpc) is 2.97. The van der Waals surface area contributed by atoms with Gasteiger partial charge in [-0.3, -0.25) is 9.69 Å². The lowest BCUT2D eigenvalue weighted by atomic mass is 10.0. The number of nitrogens with one attached hydrogen (secondary N) is 1. The van der Waals surface area contributed by atoms with Crippen LogP contribution >= 0.6 is 0 Å². The molecule has 2 heterocycles. The van der Waals surface area contributed by atoms with Crippen LogP contribution in [0.5, 0.6) is 0 Å². The second kappa shape index (κ2) is 8.21. The first-order chi connectivity index (χ1) is 13.2. The Labute approximate surface area is 160 Å². The van der Waals surface area contributed by atoms with Gasteiger partial charge >= 0.3 is 0 Å². The Bertz CT molecular complexity index is 764. The first kappa shape index (κ1) is 18.2. The fraction of sp³-hybridized carbons (Fsp3) is 0.409. The van der Waals surface area contributed by atoms with Gasteiger partial charge in [0.05, 0.1) is 31.5 Å². The molecule has 2 aromatic carbocycles. The summed E-state index contributed by atoms with van der Waals surface area (Å²) in [5.74, 6) is -0.0424. The molecule has 5 nitrogen and oxygen atoms in total. The third kappa shape index (κ3) is 4.56. The van der Waals surface area contributed by atoms with Crippen LogP contribution in [0.2, 0.25) is 0 Å². The van der Waals surface area contributed by atoms with Gasteiger partial charge in [0, 0.05) is 26.6 Å². The van der Waals surface area contributed by atoms with E-state index < -0.39 is 0 Å². The van der Waals surface area contributed by atoms with Crippen molar-refractivity contribution in [1.82, 2.24) is 10.2 Å². The predicted octanol–water partition coefficient (Wildman–Crippen LogP) is 2.46. The minimum atomic E-state index is -0.0518. The molecule has 0 radical (unpaired) electrons. The molecule has 2 saturated heterocycles. The molecule has 0 saturated carbocycles. The SMILES string of the molecule is CC(=O)NC1CO[C@H]2CN(Cc3cccc(-c4ccccc4)c3)C[C@@H]2OC1. The van der Waals surface area contributed by atoms with E-state index in [9.17, 15) is 4.79 Å². The number of rotatable bonds is 4. The predicted molar refractivity (Wildman–Crippen MR) is 104 cm³/mol. The third-order valence-corrected chi connectivity index (χ3v) is 5.16. The number of fused-ring (bicyclic) bond motifs is 1. The molecule has 0 unspecified atom stereocenters. The molecule has 5 heteroatoms. The zero-order chi connectivity index (χ0) is 18.6. The summed E-state index contributed by atoms with van der Waals surface area (Å²) in [6.07, 6.45) is 0.141. The summed E-state index contributed by atoms with van der Waals surface area (Å²) < 4.78 is 12.0. The van der Waals surface area contributed by atoms with Crippen molar-refractivity contribution in [3.8, 4) is 11.1 Å². The molecule has 2 fully saturated rings. The monoisotopic (exact) mass is 366 g/mol. The van der Waals surface area contributed by atoms with Crippen molar-refractivity contribution in [2.24, 2.45) is 0 Å². The second-order valence-corrected chi connectivity index (χ2v) is 7.40. The van der Waals surface area contributed by atoms with Gasteiger partial charge in [0.2, 0.25) is 5.91 Å². The number of nitrogens with zero attached hydrogens (tertiary/aromatic N) is 1. The molecule has 27 heavy (non-hydrogen) atoms. The van der Waals surface area contributed by atoms with E-state index in [1.54, 1.807) is 0 Å². The first-order valence-corrected chi connectivity index (χ1v) is 9.54. The first-order valence-electron chi connectivity index (χ1n) is 9.54. The Balaban J connectivity index is 1.37. The molecule has 1 amide bonds. The van der Waals surface area contributed by atoms with Gasteiger partial charge < -0.3 is 14.8 Å². The molecule has 2 aromatic rings. The molecule has 2 aliphatic heterocycles. The minimum absolute atomic E-state index is 0.0424. The summed E-state index contributed by atoms with van der Waals surface area (Å²) >= 11 is 0. The number of hydrogen-bond donors (Lipinski definition) is 1. The van der Waals surface area contributed by atoms with E-state index in [1.807, 2.05) is 6.07 Å². The highest BCUT2D eigenvalue weighted by atomic mass is 16.6. The maximum absolute atomic E-state index is 11.2. The topological polar surface area (TPSA) is 50.8 Å². The van der Waals surface area contributed by atoms with Gasteiger partial charge in [-0.2, -0.15) is 0 Å². The van der Waals surface area contributed by atoms with Crippen molar-refractivity contribution in [1.29, 1.82) is 0 Å². The summed E-state index contributed by atoms with van der Waals surface area (Å²) in [5.41, 5.74) is 3.78. The summed E-state index contributed by atoms with van der Waals surface area (Å²) in [4.78, 5) is 13.6. The lowest BCUT2D eigenvalue weighted by Gasteiger charge is -2.19. The summed E-state index contributed by atoms with van der Waals surface area (Å²) in [6, 6.07) is 19.1. The van der Waals surface area contributed by atoms with Crippen LogP contribution in [-0.2, 0) is 20.8 Å². The lowest BCUT2D eigenvalue weighted by Crippen LogP contribution is -2.40. The molecule has 142 valence electrons. The van der Waals surface area contributed by atoms with E-state index in [0.29, 0.717) is 13.2 Å². The van der Waals surface area contributed by atoms with Gasteiger partial charge in [-0.1, -0.05) is 48.5 Å². The number of carbonyl (C=O) groups is 1. The van der Waals surface area contributed by atoms with Crippen LogP contribution in [0.4, 0.5) is 0 Å². The second-order valence-electron chi connectivity index (χ2n) is 7.40. The number of hydrogen-bond acceptors (Lipinski definition) is 4. The minimum Gasteiger partial charge on any atom is -0.372 e. The molecule has 0 aliphatic carbocycles. The normalized spacial score (nSPS) is 23.6. The van der Waals surface area contributed by atoms with Crippen LogP contribution in [0.25, 0.3) is 11.1 Å². The molecule has 2 atom stereocenters. The number of carbonyl (C=O) groups excluding carboxylic acids is 1. The maximum Gasteiger partial charge on any atom is 0.217 e. The Morgan fingerprint density at radius 2 is 1.67 bits per heavy atom. The zero-order valence-electron chi connectivity index (χ0n) is 15.6. The third-order valence-electron chi connectivity index (χ3n) is 5.16. The van der Waals surface area contributed by atoms with Crippen LogP contribution in [0.3, 0.4) is 0 Å². The highest BCUT2D eigenvalue weighted by molar-refractivity contribution is 5.73. The fourth-order valence-electron chi connectivity index (χ4n) is 3.90. The number of ether oxygens (including phenoxy) is 2. The van der Waals surface area contributed by atoms with Crippen LogP contribution in [0, 0.1) is 0 Å². The Morgan fingerprint density at radius 1 is 1.00 bits per heavy atom. The Kier molecular flexibility index (Phi) is 5.53. The van der Waals surface area contributed by atoms with E-state index in [1.165, 1.54) is 23.6 Å². The highest BCUT2D eigenvalue weighted by Gasteiger charge is 2.37.